The fourth-order valence-electron chi connectivity index (χ4n) is 2.27. The maximum atomic E-state index is 11.9. The molecule has 0 N–H and O–H groups in total. The average Bonchev–Trinajstić information content (AvgIpc) is 2.71. The van der Waals surface area contributed by atoms with E-state index in [1.54, 1.807) is 0 Å². The molecule has 0 saturated heterocycles. The van der Waals surface area contributed by atoms with E-state index >= 15 is 0 Å². The first-order valence-electron chi connectivity index (χ1n) is 7.48. The Labute approximate surface area is 128 Å². The normalized spacial score (nSPS) is 19.1. The molecule has 5 heteroatoms. The van der Waals surface area contributed by atoms with E-state index in [0.717, 1.165) is 31.3 Å². The molecule has 21 heavy (non-hydrogen) atoms. The maximum Gasteiger partial charge on any atom is 0.330 e. The lowest BCUT2D eigenvalue weighted by atomic mass is 10.1. The zero-order valence-corrected chi connectivity index (χ0v) is 14.5. The van der Waals surface area contributed by atoms with Crippen LogP contribution in [0.15, 0.2) is 23.8 Å². The third-order valence-electron chi connectivity index (χ3n) is 3.16. The highest BCUT2D eigenvalue weighted by Gasteiger charge is 2.28. The molecule has 0 aromatic heterocycles. The van der Waals surface area contributed by atoms with Gasteiger partial charge in [-0.2, -0.15) is 0 Å². The van der Waals surface area contributed by atoms with Crippen LogP contribution < -0.4 is 0 Å². The number of carbonyl (C=O) groups excluding carboxylic acids is 2. The summed E-state index contributed by atoms with van der Waals surface area (Å²) in [5, 5.41) is 0. The van der Waals surface area contributed by atoms with E-state index in [1.807, 2.05) is 12.2 Å². The molecule has 0 heterocycles. The fourth-order valence-corrected chi connectivity index (χ4v) is 3.33. The largest absolute Gasteiger partial charge is 0.466 e. The van der Waals surface area contributed by atoms with Crippen LogP contribution in [-0.4, -0.2) is 33.3 Å². The van der Waals surface area contributed by atoms with Crippen LogP contribution in [0.2, 0.25) is 19.6 Å². The van der Waals surface area contributed by atoms with E-state index in [0.29, 0.717) is 6.42 Å². The molecule has 0 radical (unpaired) electrons. The molecule has 0 aliphatic heterocycles. The molecule has 0 saturated carbocycles. The van der Waals surface area contributed by atoms with E-state index in [1.165, 1.54) is 13.2 Å². The van der Waals surface area contributed by atoms with Crippen molar-refractivity contribution in [3.05, 3.63) is 23.8 Å². The smallest absolute Gasteiger partial charge is 0.330 e. The molecule has 118 valence electrons. The molecule has 0 aromatic rings. The van der Waals surface area contributed by atoms with E-state index in [2.05, 4.69) is 24.4 Å². The SMILES string of the molecule is COC(=O)C=CCCCCC1=CC(O[Si](C)(C)C)CC1=O. The summed E-state index contributed by atoms with van der Waals surface area (Å²) in [6.07, 6.45) is 9.28. The van der Waals surface area contributed by atoms with Gasteiger partial charge in [-0.25, -0.2) is 4.79 Å². The number of Topliss-reactive ketones (excluding diaryl/α,β-unsaturated/α-hetero) is 1. The quantitative estimate of drug-likeness (QED) is 0.298. The first kappa shape index (κ1) is 17.8. The Morgan fingerprint density at radius 3 is 2.71 bits per heavy atom. The lowest BCUT2D eigenvalue weighted by molar-refractivity contribution is -0.134. The number of rotatable bonds is 8. The highest BCUT2D eigenvalue weighted by Crippen LogP contribution is 2.24. The number of ketones is 1. The number of ether oxygens (including phenoxy) is 1. The zero-order chi connectivity index (χ0) is 15.9. The summed E-state index contributed by atoms with van der Waals surface area (Å²) in [6, 6.07) is 0. The molecule has 1 atom stereocenters. The molecule has 0 amide bonds. The van der Waals surface area contributed by atoms with Crippen LogP contribution in [0, 0.1) is 0 Å². The van der Waals surface area contributed by atoms with Crippen LogP contribution in [0.5, 0.6) is 0 Å². The number of unbranched alkanes of at least 4 members (excludes halogenated alkanes) is 2. The Morgan fingerprint density at radius 1 is 1.38 bits per heavy atom. The molecule has 0 fully saturated rings. The van der Waals surface area contributed by atoms with E-state index < -0.39 is 8.32 Å². The Bertz CT molecular complexity index is 432. The van der Waals surface area contributed by atoms with Gasteiger partial charge in [0, 0.05) is 12.5 Å². The number of esters is 1. The van der Waals surface area contributed by atoms with Crippen molar-refractivity contribution in [2.75, 3.05) is 7.11 Å². The van der Waals surface area contributed by atoms with Gasteiger partial charge in [-0.3, -0.25) is 4.79 Å². The van der Waals surface area contributed by atoms with Crippen LogP contribution in [0.1, 0.15) is 32.1 Å². The summed E-state index contributed by atoms with van der Waals surface area (Å²) in [6.45, 7) is 6.41. The molecule has 1 rings (SSSR count). The topological polar surface area (TPSA) is 52.6 Å². The second-order valence-electron chi connectivity index (χ2n) is 6.26. The lowest BCUT2D eigenvalue weighted by Crippen LogP contribution is -2.30. The zero-order valence-electron chi connectivity index (χ0n) is 13.5. The van der Waals surface area contributed by atoms with Crippen molar-refractivity contribution in [2.45, 2.75) is 57.8 Å². The van der Waals surface area contributed by atoms with Gasteiger partial charge in [-0.1, -0.05) is 6.08 Å². The highest BCUT2D eigenvalue weighted by molar-refractivity contribution is 6.69. The average molecular weight is 310 g/mol. The van der Waals surface area contributed by atoms with Gasteiger partial charge in [-0.15, -0.1) is 0 Å². The third kappa shape index (κ3) is 7.39. The predicted molar refractivity (Wildman–Crippen MR) is 85.6 cm³/mol. The first-order chi connectivity index (χ1) is 9.81. The maximum absolute atomic E-state index is 11.9. The summed E-state index contributed by atoms with van der Waals surface area (Å²) >= 11 is 0. The Hall–Kier alpha value is -1.20. The summed E-state index contributed by atoms with van der Waals surface area (Å²) in [7, 11) is -0.230. The van der Waals surface area contributed by atoms with Gasteiger partial charge in [0.15, 0.2) is 14.1 Å². The summed E-state index contributed by atoms with van der Waals surface area (Å²) in [5.41, 5.74) is 0.912. The molecule has 0 bridgehead atoms. The minimum atomic E-state index is -1.59. The molecular formula is C16H26O4Si. The van der Waals surface area contributed by atoms with Crippen LogP contribution in [0.3, 0.4) is 0 Å². The summed E-state index contributed by atoms with van der Waals surface area (Å²) in [5.74, 6) is -0.0987. The minimum absolute atomic E-state index is 0.0154. The summed E-state index contributed by atoms with van der Waals surface area (Å²) in [4.78, 5) is 22.8. The Morgan fingerprint density at radius 2 is 2.10 bits per heavy atom. The van der Waals surface area contributed by atoms with Crippen molar-refractivity contribution in [3.8, 4) is 0 Å². The van der Waals surface area contributed by atoms with Crippen molar-refractivity contribution in [1.29, 1.82) is 0 Å². The monoisotopic (exact) mass is 310 g/mol. The first-order valence-corrected chi connectivity index (χ1v) is 10.9. The number of hydrogen-bond donors (Lipinski definition) is 0. The van der Waals surface area contributed by atoms with Gasteiger partial charge in [-0.05, 0) is 57.0 Å². The highest BCUT2D eigenvalue weighted by atomic mass is 28.4. The second-order valence-corrected chi connectivity index (χ2v) is 10.7. The minimum Gasteiger partial charge on any atom is -0.466 e. The van der Waals surface area contributed by atoms with E-state index in [4.69, 9.17) is 4.43 Å². The van der Waals surface area contributed by atoms with Crippen molar-refractivity contribution >= 4 is 20.1 Å². The molecule has 1 unspecified atom stereocenters. The molecule has 4 nitrogen and oxygen atoms in total. The van der Waals surface area contributed by atoms with Crippen LogP contribution >= 0.6 is 0 Å². The van der Waals surface area contributed by atoms with Gasteiger partial charge >= 0.3 is 5.97 Å². The Kier molecular flexibility index (Phi) is 7.05. The van der Waals surface area contributed by atoms with Crippen molar-refractivity contribution in [3.63, 3.8) is 0 Å². The van der Waals surface area contributed by atoms with Crippen molar-refractivity contribution in [1.82, 2.24) is 0 Å². The number of allylic oxidation sites excluding steroid dienone is 2. The number of methoxy groups -OCH3 is 1. The fraction of sp³-hybridized carbons (Fsp3) is 0.625. The van der Waals surface area contributed by atoms with Gasteiger partial charge in [0.25, 0.3) is 0 Å². The van der Waals surface area contributed by atoms with Gasteiger partial charge in [0.1, 0.15) is 0 Å². The number of hydrogen-bond acceptors (Lipinski definition) is 4. The standard InChI is InChI=1S/C16H26O4Si/c1-19-16(18)10-8-6-5-7-9-13-11-14(12-15(13)17)20-21(2,3)4/h8,10-11,14H,5-7,9,12H2,1-4H3. The summed E-state index contributed by atoms with van der Waals surface area (Å²) < 4.78 is 10.5. The van der Waals surface area contributed by atoms with Gasteiger partial charge in [0.05, 0.1) is 13.2 Å². The molecular weight excluding hydrogens is 284 g/mol. The molecule has 1 aliphatic carbocycles. The Balaban J connectivity index is 2.28. The molecule has 1 aliphatic rings. The van der Waals surface area contributed by atoms with Crippen LogP contribution in [0.25, 0.3) is 0 Å². The molecule has 0 aromatic carbocycles. The second kappa shape index (κ2) is 8.29. The van der Waals surface area contributed by atoms with E-state index in [9.17, 15) is 9.59 Å². The third-order valence-corrected chi connectivity index (χ3v) is 4.17. The van der Waals surface area contributed by atoms with Gasteiger partial charge < -0.3 is 9.16 Å². The molecule has 0 spiro atoms. The lowest BCUT2D eigenvalue weighted by Gasteiger charge is -2.21. The van der Waals surface area contributed by atoms with Crippen molar-refractivity contribution in [2.24, 2.45) is 0 Å². The van der Waals surface area contributed by atoms with Crippen LogP contribution in [0.4, 0.5) is 0 Å². The van der Waals surface area contributed by atoms with Gasteiger partial charge in [0.2, 0.25) is 0 Å². The van der Waals surface area contributed by atoms with E-state index in [-0.39, 0.29) is 17.9 Å². The van der Waals surface area contributed by atoms with Crippen molar-refractivity contribution < 1.29 is 18.8 Å². The van der Waals surface area contributed by atoms with Crippen LogP contribution in [-0.2, 0) is 18.8 Å². The predicted octanol–water partition coefficient (Wildman–Crippen LogP) is 3.40. The number of carbonyl (C=O) groups is 2.